The van der Waals surface area contributed by atoms with E-state index in [2.05, 4.69) is 17.2 Å². The molecule has 0 saturated heterocycles. The van der Waals surface area contributed by atoms with E-state index in [1.165, 1.54) is 0 Å². The van der Waals surface area contributed by atoms with Crippen LogP contribution in [0.25, 0.3) is 0 Å². The Labute approximate surface area is 90.4 Å². The fraction of sp³-hybridized carbons (Fsp3) is 0.889. The van der Waals surface area contributed by atoms with Crippen LogP contribution in [0.2, 0.25) is 0 Å². The van der Waals surface area contributed by atoms with Crippen molar-refractivity contribution in [2.45, 2.75) is 31.6 Å². The van der Waals surface area contributed by atoms with Crippen molar-refractivity contribution in [3.05, 3.63) is 0 Å². The smallest absolute Gasteiger partial charge is 0.188 e. The lowest BCUT2D eigenvalue weighted by atomic mass is 10.2. The van der Waals surface area contributed by atoms with Crippen LogP contribution in [0.15, 0.2) is 4.99 Å². The van der Waals surface area contributed by atoms with Crippen LogP contribution in [-0.4, -0.2) is 41.8 Å². The van der Waals surface area contributed by atoms with E-state index in [0.29, 0.717) is 5.96 Å². The van der Waals surface area contributed by atoms with Gasteiger partial charge in [-0.05, 0) is 19.6 Å². The molecular weight excluding hydrogens is 198 g/mol. The lowest BCUT2D eigenvalue weighted by Crippen LogP contribution is -2.44. The molecule has 0 spiro atoms. The summed E-state index contributed by atoms with van der Waals surface area (Å²) in [7, 11) is 0. The summed E-state index contributed by atoms with van der Waals surface area (Å²) in [5.74, 6) is 0.465. The van der Waals surface area contributed by atoms with Crippen molar-refractivity contribution >= 4 is 17.7 Å². The first-order valence-electron chi connectivity index (χ1n) is 4.85. The molecule has 0 aliphatic heterocycles. The maximum atomic E-state index is 9.04. The van der Waals surface area contributed by atoms with Gasteiger partial charge in [0.25, 0.3) is 0 Å². The SMILES string of the molecule is CCCN=C(N)NC(C)C(CO)SC. The van der Waals surface area contributed by atoms with E-state index in [9.17, 15) is 0 Å². The molecule has 0 radical (unpaired) electrons. The molecule has 0 bridgehead atoms. The van der Waals surface area contributed by atoms with Gasteiger partial charge in [0, 0.05) is 17.8 Å². The van der Waals surface area contributed by atoms with Gasteiger partial charge in [0.05, 0.1) is 6.61 Å². The monoisotopic (exact) mass is 219 g/mol. The van der Waals surface area contributed by atoms with Crippen molar-refractivity contribution < 1.29 is 5.11 Å². The summed E-state index contributed by atoms with van der Waals surface area (Å²) in [5, 5.41) is 12.3. The molecule has 0 aromatic heterocycles. The number of hydrogen-bond donors (Lipinski definition) is 3. The lowest BCUT2D eigenvalue weighted by molar-refractivity contribution is 0.281. The number of thioether (sulfide) groups is 1. The number of aliphatic imine (C=N–C) groups is 1. The molecule has 0 aliphatic rings. The number of nitrogens with one attached hydrogen (secondary N) is 1. The summed E-state index contributed by atoms with van der Waals surface area (Å²) in [6.07, 6.45) is 2.96. The number of aliphatic hydroxyl groups excluding tert-OH is 1. The maximum Gasteiger partial charge on any atom is 0.188 e. The van der Waals surface area contributed by atoms with Gasteiger partial charge in [0.2, 0.25) is 0 Å². The van der Waals surface area contributed by atoms with Gasteiger partial charge < -0.3 is 16.2 Å². The summed E-state index contributed by atoms with van der Waals surface area (Å²) in [6.45, 7) is 4.94. The van der Waals surface area contributed by atoms with Gasteiger partial charge in [0.1, 0.15) is 0 Å². The second kappa shape index (κ2) is 7.94. The zero-order valence-corrected chi connectivity index (χ0v) is 9.97. The maximum absolute atomic E-state index is 9.04. The summed E-state index contributed by atoms with van der Waals surface area (Å²) < 4.78 is 0. The molecule has 4 nitrogen and oxygen atoms in total. The Morgan fingerprint density at radius 3 is 2.71 bits per heavy atom. The number of nitrogens with zero attached hydrogens (tertiary/aromatic N) is 1. The molecule has 0 saturated carbocycles. The van der Waals surface area contributed by atoms with E-state index < -0.39 is 0 Å². The molecule has 2 unspecified atom stereocenters. The number of hydrogen-bond acceptors (Lipinski definition) is 3. The molecule has 0 aromatic rings. The van der Waals surface area contributed by atoms with E-state index in [0.717, 1.165) is 13.0 Å². The van der Waals surface area contributed by atoms with Crippen LogP contribution in [-0.2, 0) is 0 Å². The van der Waals surface area contributed by atoms with Crippen LogP contribution < -0.4 is 11.1 Å². The van der Waals surface area contributed by atoms with Gasteiger partial charge in [-0.2, -0.15) is 11.8 Å². The predicted octanol–water partition coefficient (Wildman–Crippen LogP) is 0.413. The van der Waals surface area contributed by atoms with Crippen LogP contribution in [0.5, 0.6) is 0 Å². The second-order valence-corrected chi connectivity index (χ2v) is 4.23. The Balaban J connectivity index is 3.96. The van der Waals surface area contributed by atoms with E-state index in [1.807, 2.05) is 13.2 Å². The zero-order valence-electron chi connectivity index (χ0n) is 9.16. The van der Waals surface area contributed by atoms with Crippen molar-refractivity contribution in [2.75, 3.05) is 19.4 Å². The molecule has 0 aromatic carbocycles. The summed E-state index contributed by atoms with van der Waals surface area (Å²) in [4.78, 5) is 4.13. The Kier molecular flexibility index (Phi) is 7.70. The Morgan fingerprint density at radius 2 is 2.29 bits per heavy atom. The van der Waals surface area contributed by atoms with Crippen molar-refractivity contribution in [1.82, 2.24) is 5.32 Å². The molecule has 4 N–H and O–H groups in total. The number of guanidine groups is 1. The molecule has 0 amide bonds. The van der Waals surface area contributed by atoms with Crippen LogP contribution >= 0.6 is 11.8 Å². The van der Waals surface area contributed by atoms with Gasteiger partial charge in [-0.15, -0.1) is 0 Å². The van der Waals surface area contributed by atoms with Crippen molar-refractivity contribution in [2.24, 2.45) is 10.7 Å². The molecule has 0 fully saturated rings. The Morgan fingerprint density at radius 1 is 1.64 bits per heavy atom. The lowest BCUT2D eigenvalue weighted by Gasteiger charge is -2.21. The van der Waals surface area contributed by atoms with Crippen LogP contribution in [0.4, 0.5) is 0 Å². The number of nitrogens with two attached hydrogens (primary N) is 1. The van der Waals surface area contributed by atoms with Crippen LogP contribution in [0.3, 0.4) is 0 Å². The van der Waals surface area contributed by atoms with Gasteiger partial charge in [-0.1, -0.05) is 6.92 Å². The first kappa shape index (κ1) is 13.6. The minimum absolute atomic E-state index is 0.135. The average molecular weight is 219 g/mol. The van der Waals surface area contributed by atoms with Crippen molar-refractivity contribution in [1.29, 1.82) is 0 Å². The molecule has 5 heteroatoms. The minimum Gasteiger partial charge on any atom is -0.395 e. The average Bonchev–Trinajstić information content (AvgIpc) is 2.16. The number of aliphatic hydroxyl groups is 1. The molecule has 0 heterocycles. The van der Waals surface area contributed by atoms with Gasteiger partial charge in [-0.3, -0.25) is 4.99 Å². The third-order valence-corrected chi connectivity index (χ3v) is 3.08. The second-order valence-electron chi connectivity index (χ2n) is 3.16. The molecule has 0 rings (SSSR count). The van der Waals surface area contributed by atoms with Gasteiger partial charge in [-0.25, -0.2) is 0 Å². The highest BCUT2D eigenvalue weighted by Gasteiger charge is 2.14. The first-order valence-corrected chi connectivity index (χ1v) is 6.14. The van der Waals surface area contributed by atoms with Crippen LogP contribution in [0.1, 0.15) is 20.3 Å². The van der Waals surface area contributed by atoms with E-state index >= 15 is 0 Å². The Bertz CT molecular complexity index is 171. The van der Waals surface area contributed by atoms with Crippen LogP contribution in [0, 0.1) is 0 Å². The fourth-order valence-electron chi connectivity index (χ4n) is 1.04. The fourth-order valence-corrected chi connectivity index (χ4v) is 1.67. The van der Waals surface area contributed by atoms with E-state index in [4.69, 9.17) is 10.8 Å². The van der Waals surface area contributed by atoms with E-state index in [-0.39, 0.29) is 17.9 Å². The van der Waals surface area contributed by atoms with Gasteiger partial charge >= 0.3 is 0 Å². The highest BCUT2D eigenvalue weighted by Crippen LogP contribution is 2.09. The molecule has 84 valence electrons. The summed E-state index contributed by atoms with van der Waals surface area (Å²) in [6, 6.07) is 0.135. The number of rotatable bonds is 6. The van der Waals surface area contributed by atoms with Crippen molar-refractivity contribution in [3.8, 4) is 0 Å². The molecule has 2 atom stereocenters. The highest BCUT2D eigenvalue weighted by atomic mass is 32.2. The topological polar surface area (TPSA) is 70.6 Å². The summed E-state index contributed by atoms with van der Waals surface area (Å²) >= 11 is 1.62. The molecular formula is C9H21N3OS. The normalized spacial score (nSPS) is 16.4. The largest absolute Gasteiger partial charge is 0.395 e. The summed E-state index contributed by atoms with van der Waals surface area (Å²) in [5.41, 5.74) is 5.66. The minimum atomic E-state index is 0.135. The first-order chi connectivity index (χ1) is 6.65. The Hall–Kier alpha value is -0.420. The zero-order chi connectivity index (χ0) is 11.0. The third kappa shape index (κ3) is 5.34. The highest BCUT2D eigenvalue weighted by molar-refractivity contribution is 7.99. The third-order valence-electron chi connectivity index (χ3n) is 1.92. The predicted molar refractivity (Wildman–Crippen MR) is 63.8 cm³/mol. The molecule has 14 heavy (non-hydrogen) atoms. The quantitative estimate of drug-likeness (QED) is 0.447. The van der Waals surface area contributed by atoms with E-state index in [1.54, 1.807) is 11.8 Å². The molecule has 0 aliphatic carbocycles. The standard InChI is InChI=1S/C9H21N3OS/c1-4-5-11-9(10)12-7(2)8(6-13)14-3/h7-8,13H,4-6H2,1-3H3,(H3,10,11,12). The van der Waals surface area contributed by atoms with Gasteiger partial charge in [0.15, 0.2) is 5.96 Å². The van der Waals surface area contributed by atoms with Crippen molar-refractivity contribution in [3.63, 3.8) is 0 Å².